The van der Waals surface area contributed by atoms with Crippen molar-refractivity contribution in [1.29, 1.82) is 0 Å². The van der Waals surface area contributed by atoms with E-state index in [4.69, 9.17) is 10.5 Å². The predicted molar refractivity (Wildman–Crippen MR) is 123 cm³/mol. The van der Waals surface area contributed by atoms with Crippen LogP contribution >= 0.6 is 0 Å². The summed E-state index contributed by atoms with van der Waals surface area (Å²) in [6, 6.07) is 7.85. The first kappa shape index (κ1) is 22.3. The number of carbonyl (C=O) groups is 2. The Bertz CT molecular complexity index is 961. The van der Waals surface area contributed by atoms with Crippen LogP contribution in [-0.2, 0) is 4.79 Å². The maximum atomic E-state index is 13.2. The van der Waals surface area contributed by atoms with Crippen LogP contribution in [0.5, 0.6) is 5.75 Å². The van der Waals surface area contributed by atoms with Crippen LogP contribution in [0.4, 0.5) is 5.82 Å². The molecule has 2 aliphatic rings. The average Bonchev–Trinajstić information content (AvgIpc) is 3.45. The number of carbonyl (C=O) groups excluding carboxylic acids is 2. The van der Waals surface area contributed by atoms with Gasteiger partial charge >= 0.3 is 0 Å². The highest BCUT2D eigenvalue weighted by molar-refractivity contribution is 6.02. The van der Waals surface area contributed by atoms with E-state index in [2.05, 4.69) is 23.8 Å². The molecule has 2 saturated heterocycles. The smallest absolute Gasteiger partial charge is 0.225 e. The molecule has 0 saturated carbocycles. The molecule has 0 bridgehead atoms. The van der Waals surface area contributed by atoms with E-state index in [0.29, 0.717) is 36.9 Å². The number of nitrogen functional groups attached to an aromatic ring is 1. The van der Waals surface area contributed by atoms with E-state index in [9.17, 15) is 9.59 Å². The summed E-state index contributed by atoms with van der Waals surface area (Å²) >= 11 is 0. The number of nitrogens with two attached hydrogens (primary N) is 1. The Morgan fingerprint density at radius 1 is 1.06 bits per heavy atom. The lowest BCUT2D eigenvalue weighted by molar-refractivity contribution is -0.136. The number of rotatable bonds is 6. The normalized spacial score (nSPS) is 20.1. The Balaban J connectivity index is 1.39. The molecular formula is C24H33N5O3. The molecule has 3 heterocycles. The predicted octanol–water partition coefficient (Wildman–Crippen LogP) is 2.61. The summed E-state index contributed by atoms with van der Waals surface area (Å²) in [5, 5.41) is 4.33. The summed E-state index contributed by atoms with van der Waals surface area (Å²) in [7, 11) is 1.61. The fraction of sp³-hybridized carbons (Fsp3) is 0.542. The van der Waals surface area contributed by atoms with Crippen LogP contribution in [0.2, 0.25) is 0 Å². The minimum atomic E-state index is -0.231. The number of likely N-dealkylation sites (tertiary alicyclic amines) is 2. The third-order valence-electron chi connectivity index (χ3n) is 6.87. The molecule has 2 N–H and O–H groups in total. The molecule has 1 aromatic carbocycles. The van der Waals surface area contributed by atoms with E-state index in [-0.39, 0.29) is 23.5 Å². The van der Waals surface area contributed by atoms with Gasteiger partial charge in [0.05, 0.1) is 24.6 Å². The molecule has 1 unspecified atom stereocenters. The minimum Gasteiger partial charge on any atom is -0.497 e. The average molecular weight is 440 g/mol. The number of hydrogen-bond acceptors (Lipinski definition) is 6. The Hall–Kier alpha value is -2.87. The van der Waals surface area contributed by atoms with Crippen LogP contribution in [0.15, 0.2) is 30.5 Å². The van der Waals surface area contributed by atoms with Crippen molar-refractivity contribution < 1.29 is 14.3 Å². The second-order valence-corrected chi connectivity index (χ2v) is 9.09. The first-order valence-electron chi connectivity index (χ1n) is 11.4. The summed E-state index contributed by atoms with van der Waals surface area (Å²) in [5.41, 5.74) is 7.47. The van der Waals surface area contributed by atoms with Gasteiger partial charge in [-0.25, -0.2) is 4.68 Å². The molecule has 1 aromatic heterocycles. The summed E-state index contributed by atoms with van der Waals surface area (Å²) < 4.78 is 6.75. The molecule has 2 aromatic rings. The van der Waals surface area contributed by atoms with Gasteiger partial charge in [-0.15, -0.1) is 0 Å². The number of methoxy groups -OCH3 is 1. The lowest BCUT2D eigenvalue weighted by Gasteiger charge is -2.35. The van der Waals surface area contributed by atoms with E-state index in [0.717, 1.165) is 37.4 Å². The highest BCUT2D eigenvalue weighted by Gasteiger charge is 2.36. The fourth-order valence-electron chi connectivity index (χ4n) is 4.79. The van der Waals surface area contributed by atoms with Crippen molar-refractivity contribution in [2.75, 3.05) is 39.0 Å². The van der Waals surface area contributed by atoms with Gasteiger partial charge in [0.1, 0.15) is 11.6 Å². The van der Waals surface area contributed by atoms with E-state index in [1.165, 1.54) is 6.20 Å². The number of ketones is 1. The summed E-state index contributed by atoms with van der Waals surface area (Å²) in [6.07, 6.45) is 4.00. The van der Waals surface area contributed by atoms with Gasteiger partial charge < -0.3 is 20.3 Å². The zero-order chi connectivity index (χ0) is 22.8. The maximum Gasteiger partial charge on any atom is 0.225 e. The SMILES string of the molecule is COc1ccc(-n2ncc(C(=O)C3CCN(C(=O)C4CCN(C(C)C)CC4)C3)c2N)cc1. The lowest BCUT2D eigenvalue weighted by Crippen LogP contribution is -2.44. The van der Waals surface area contributed by atoms with Gasteiger partial charge in [0.2, 0.25) is 5.91 Å². The third-order valence-corrected chi connectivity index (χ3v) is 6.87. The van der Waals surface area contributed by atoms with Crippen molar-refractivity contribution in [3.8, 4) is 11.4 Å². The number of hydrogen-bond donors (Lipinski definition) is 1. The van der Waals surface area contributed by atoms with Gasteiger partial charge in [-0.05, 0) is 70.5 Å². The largest absolute Gasteiger partial charge is 0.497 e. The zero-order valence-corrected chi connectivity index (χ0v) is 19.2. The van der Waals surface area contributed by atoms with Gasteiger partial charge in [-0.1, -0.05) is 0 Å². The molecule has 1 amide bonds. The van der Waals surface area contributed by atoms with Crippen LogP contribution in [0.3, 0.4) is 0 Å². The van der Waals surface area contributed by atoms with Gasteiger partial charge in [0.15, 0.2) is 5.78 Å². The van der Waals surface area contributed by atoms with Crippen LogP contribution in [-0.4, -0.2) is 70.6 Å². The number of ether oxygens (including phenoxy) is 1. The topological polar surface area (TPSA) is 93.7 Å². The lowest BCUT2D eigenvalue weighted by atomic mass is 9.94. The van der Waals surface area contributed by atoms with E-state index in [1.807, 2.05) is 29.2 Å². The standard InChI is InChI=1S/C24H33N5O3/c1-16(2)27-11-8-17(9-12-27)24(31)28-13-10-18(15-28)22(30)21-14-26-29(23(21)25)19-4-6-20(32-3)7-5-19/h4-7,14,16-18H,8-13,15,25H2,1-3H3. The molecule has 1 atom stereocenters. The summed E-state index contributed by atoms with van der Waals surface area (Å²) in [6.45, 7) is 7.42. The second kappa shape index (κ2) is 9.32. The van der Waals surface area contributed by atoms with Crippen LogP contribution in [0, 0.1) is 11.8 Å². The van der Waals surface area contributed by atoms with Gasteiger partial charge in [-0.3, -0.25) is 9.59 Å². The molecule has 0 aliphatic carbocycles. The maximum absolute atomic E-state index is 13.2. The highest BCUT2D eigenvalue weighted by atomic mass is 16.5. The van der Waals surface area contributed by atoms with Gasteiger partial charge in [-0.2, -0.15) is 5.10 Å². The number of benzene rings is 1. The second-order valence-electron chi connectivity index (χ2n) is 9.09. The van der Waals surface area contributed by atoms with E-state index < -0.39 is 0 Å². The molecule has 8 nitrogen and oxygen atoms in total. The monoisotopic (exact) mass is 439 g/mol. The Morgan fingerprint density at radius 2 is 1.72 bits per heavy atom. The molecule has 0 spiro atoms. The highest BCUT2D eigenvalue weighted by Crippen LogP contribution is 2.28. The number of anilines is 1. The summed E-state index contributed by atoms with van der Waals surface area (Å²) in [5.74, 6) is 1.07. The Labute approximate surface area is 189 Å². The molecule has 8 heteroatoms. The molecule has 4 rings (SSSR count). The molecule has 0 radical (unpaired) electrons. The van der Waals surface area contributed by atoms with E-state index in [1.54, 1.807) is 11.8 Å². The van der Waals surface area contributed by atoms with Crippen molar-refractivity contribution in [2.45, 2.75) is 39.2 Å². The molecule has 172 valence electrons. The molecular weight excluding hydrogens is 406 g/mol. The first-order chi connectivity index (χ1) is 15.4. The molecule has 2 aliphatic heterocycles. The van der Waals surface area contributed by atoms with Gasteiger partial charge in [0, 0.05) is 31.0 Å². The van der Waals surface area contributed by atoms with Crippen molar-refractivity contribution in [3.05, 3.63) is 36.0 Å². The van der Waals surface area contributed by atoms with Crippen molar-refractivity contribution >= 4 is 17.5 Å². The fourth-order valence-corrected chi connectivity index (χ4v) is 4.79. The number of piperidine rings is 1. The van der Waals surface area contributed by atoms with Crippen molar-refractivity contribution in [3.63, 3.8) is 0 Å². The van der Waals surface area contributed by atoms with Gasteiger partial charge in [0.25, 0.3) is 0 Å². The Morgan fingerprint density at radius 3 is 2.34 bits per heavy atom. The van der Waals surface area contributed by atoms with Crippen LogP contribution < -0.4 is 10.5 Å². The number of Topliss-reactive ketones (excluding diaryl/α,β-unsaturated/α-hetero) is 1. The van der Waals surface area contributed by atoms with Crippen molar-refractivity contribution in [2.24, 2.45) is 11.8 Å². The number of nitrogens with zero attached hydrogens (tertiary/aromatic N) is 4. The van der Waals surface area contributed by atoms with E-state index >= 15 is 0 Å². The first-order valence-corrected chi connectivity index (χ1v) is 11.4. The minimum absolute atomic E-state index is 0.0350. The molecule has 32 heavy (non-hydrogen) atoms. The number of amides is 1. The van der Waals surface area contributed by atoms with Crippen LogP contribution in [0.1, 0.15) is 43.5 Å². The number of aromatic nitrogens is 2. The van der Waals surface area contributed by atoms with Crippen molar-refractivity contribution in [1.82, 2.24) is 19.6 Å². The summed E-state index contributed by atoms with van der Waals surface area (Å²) in [4.78, 5) is 30.5. The Kier molecular flexibility index (Phi) is 6.50. The third kappa shape index (κ3) is 4.37. The quantitative estimate of drug-likeness (QED) is 0.696. The zero-order valence-electron chi connectivity index (χ0n) is 19.2. The van der Waals surface area contributed by atoms with Crippen LogP contribution in [0.25, 0.3) is 5.69 Å². The molecule has 2 fully saturated rings.